The molecule has 1 aliphatic carbocycles. The quantitative estimate of drug-likeness (QED) is 0.146. The largest absolute Gasteiger partial charge is 0.481 e. The van der Waals surface area contributed by atoms with Crippen LogP contribution in [0.3, 0.4) is 0 Å². The lowest BCUT2D eigenvalue weighted by atomic mass is 9.90. The number of hydrogen-bond acceptors (Lipinski definition) is 9. The fraction of sp³-hybridized carbons (Fsp3) is 0.406. The lowest BCUT2D eigenvalue weighted by Gasteiger charge is -2.28. The number of carbonyl (C=O) groups is 5. The summed E-state index contributed by atoms with van der Waals surface area (Å²) in [6, 6.07) is 10.4. The molecule has 1 aliphatic rings. The molecule has 1 heterocycles. The predicted octanol–water partition coefficient (Wildman–Crippen LogP) is 3.12. The minimum absolute atomic E-state index is 0.0401. The molecule has 2 aromatic carbocycles. The van der Waals surface area contributed by atoms with Gasteiger partial charge in [-0.2, -0.15) is 0 Å². The second-order valence-electron chi connectivity index (χ2n) is 11.4. The molecule has 5 N–H and O–H groups in total. The fourth-order valence-corrected chi connectivity index (χ4v) is 5.79. The van der Waals surface area contributed by atoms with Crippen LogP contribution < -0.4 is 10.5 Å². The molecular formula is C32H35N3O10. The van der Waals surface area contributed by atoms with Crippen LogP contribution in [0.2, 0.25) is 0 Å². The number of hydrogen-bond donors (Lipinski definition) is 5. The molecule has 0 aliphatic heterocycles. The smallest absolute Gasteiger partial charge is 0.306 e. The van der Waals surface area contributed by atoms with Gasteiger partial charge >= 0.3 is 17.9 Å². The van der Waals surface area contributed by atoms with E-state index in [1.54, 1.807) is 24.3 Å². The van der Waals surface area contributed by atoms with Gasteiger partial charge in [-0.15, -0.1) is 0 Å². The van der Waals surface area contributed by atoms with E-state index < -0.39 is 54.2 Å². The molecule has 13 nitrogen and oxygen atoms in total. The van der Waals surface area contributed by atoms with E-state index in [0.717, 1.165) is 29.7 Å². The second-order valence-corrected chi connectivity index (χ2v) is 11.4. The van der Waals surface area contributed by atoms with E-state index in [1.165, 1.54) is 0 Å². The average Bonchev–Trinajstić information content (AvgIpc) is 3.42. The Hall–Kier alpha value is -4.91. The van der Waals surface area contributed by atoms with Crippen molar-refractivity contribution in [3.05, 3.63) is 69.3 Å². The molecule has 0 bridgehead atoms. The summed E-state index contributed by atoms with van der Waals surface area (Å²) in [5.41, 5.74) is 3.36. The first kappa shape index (κ1) is 33.0. The maximum atomic E-state index is 13.0. The van der Waals surface area contributed by atoms with Gasteiger partial charge in [0.15, 0.2) is 5.78 Å². The molecule has 0 fully saturated rings. The minimum atomic E-state index is -1.29. The molecular weight excluding hydrogens is 586 g/mol. The monoisotopic (exact) mass is 621 g/mol. The van der Waals surface area contributed by atoms with Crippen molar-refractivity contribution in [2.24, 2.45) is 11.8 Å². The van der Waals surface area contributed by atoms with Crippen LogP contribution in [0.15, 0.2) is 41.2 Å². The fourth-order valence-electron chi connectivity index (χ4n) is 5.79. The lowest BCUT2D eigenvalue weighted by Crippen LogP contribution is -2.23. The number of carboxylic acids is 3. The number of rotatable bonds is 16. The van der Waals surface area contributed by atoms with Crippen LogP contribution in [0.1, 0.15) is 78.3 Å². The van der Waals surface area contributed by atoms with Gasteiger partial charge in [-0.1, -0.05) is 0 Å². The van der Waals surface area contributed by atoms with E-state index in [2.05, 4.69) is 9.97 Å². The summed E-state index contributed by atoms with van der Waals surface area (Å²) in [7, 11) is 1.91. The number of anilines is 1. The van der Waals surface area contributed by atoms with Gasteiger partial charge < -0.3 is 30.3 Å². The highest BCUT2D eigenvalue weighted by atomic mass is 16.4. The molecule has 4 rings (SSSR count). The van der Waals surface area contributed by atoms with E-state index in [4.69, 9.17) is 5.11 Å². The number of nitrogens with one attached hydrogen (secondary N) is 1. The molecule has 3 aromatic rings. The summed E-state index contributed by atoms with van der Waals surface area (Å²) >= 11 is 0. The number of aromatic amines is 1. The Bertz CT molecular complexity index is 1680. The van der Waals surface area contributed by atoms with Crippen LogP contribution in [0.25, 0.3) is 10.9 Å². The molecule has 1 aromatic heterocycles. The standard InChI is InChI=1S/C32H35N3O10/c1-35(26-10-5-18-13-25-24(15-23(18)26)30(41)34-28(16-36)33-25)21-7-2-17(3-8-21)27(38)14-20(32(44)45)4-9-22(37)12-19(31(42)43)6-11-29(39)40/h2-3,7-8,13,15,19-20,26,36H,4-6,9-12,14,16H2,1H3,(H,39,40)(H,42,43)(H,44,45)(H,33,34,41)/t19-,20+,26?/m0/s1. The Morgan fingerprint density at radius 3 is 2.22 bits per heavy atom. The van der Waals surface area contributed by atoms with Crippen molar-refractivity contribution < 1.29 is 44.4 Å². The van der Waals surface area contributed by atoms with Crippen molar-refractivity contribution in [3.8, 4) is 0 Å². The first-order valence-electron chi connectivity index (χ1n) is 14.6. The molecule has 0 saturated heterocycles. The number of H-pyrrole nitrogens is 1. The summed E-state index contributed by atoms with van der Waals surface area (Å²) in [6.45, 7) is -0.366. The van der Waals surface area contributed by atoms with Crippen molar-refractivity contribution in [1.29, 1.82) is 0 Å². The maximum absolute atomic E-state index is 13.0. The summed E-state index contributed by atoms with van der Waals surface area (Å²) in [5.74, 6) is -6.76. The lowest BCUT2D eigenvalue weighted by molar-refractivity contribution is -0.146. The number of aliphatic hydroxyl groups excluding tert-OH is 1. The number of aryl methyl sites for hydroxylation is 1. The number of nitrogens with zero attached hydrogens (tertiary/aromatic N) is 2. The van der Waals surface area contributed by atoms with Gasteiger partial charge in [0.1, 0.15) is 18.2 Å². The molecule has 1 unspecified atom stereocenters. The van der Waals surface area contributed by atoms with Gasteiger partial charge in [-0.05, 0) is 73.2 Å². The van der Waals surface area contributed by atoms with Crippen molar-refractivity contribution >= 4 is 46.1 Å². The Labute approximate surface area is 257 Å². The van der Waals surface area contributed by atoms with Crippen molar-refractivity contribution in [2.45, 2.75) is 64.0 Å². The predicted molar refractivity (Wildman–Crippen MR) is 161 cm³/mol. The van der Waals surface area contributed by atoms with Crippen molar-refractivity contribution in [3.63, 3.8) is 0 Å². The average molecular weight is 622 g/mol. The number of carboxylic acid groups (broad SMARTS) is 3. The van der Waals surface area contributed by atoms with Crippen molar-refractivity contribution in [2.75, 3.05) is 11.9 Å². The summed E-state index contributed by atoms with van der Waals surface area (Å²) in [4.78, 5) is 80.8. The van der Waals surface area contributed by atoms with Gasteiger partial charge in [0.2, 0.25) is 0 Å². The molecule has 238 valence electrons. The highest BCUT2D eigenvalue weighted by Gasteiger charge is 2.29. The Balaban J connectivity index is 1.39. The van der Waals surface area contributed by atoms with Crippen LogP contribution in [0.4, 0.5) is 5.69 Å². The number of carbonyl (C=O) groups excluding carboxylic acids is 2. The highest BCUT2D eigenvalue weighted by Crippen LogP contribution is 2.39. The number of aliphatic carboxylic acids is 3. The van der Waals surface area contributed by atoms with E-state index in [-0.39, 0.29) is 49.7 Å². The van der Waals surface area contributed by atoms with Crippen molar-refractivity contribution in [1.82, 2.24) is 9.97 Å². The van der Waals surface area contributed by atoms with Crippen LogP contribution in [0, 0.1) is 11.8 Å². The summed E-state index contributed by atoms with van der Waals surface area (Å²) < 4.78 is 0. The molecule has 3 atom stereocenters. The highest BCUT2D eigenvalue weighted by molar-refractivity contribution is 5.98. The third-order valence-electron chi connectivity index (χ3n) is 8.36. The third-order valence-corrected chi connectivity index (χ3v) is 8.36. The summed E-state index contributed by atoms with van der Waals surface area (Å²) in [6.07, 6.45) is -0.190. The van der Waals surface area contributed by atoms with Crippen LogP contribution >= 0.6 is 0 Å². The van der Waals surface area contributed by atoms with Crippen LogP contribution in [-0.4, -0.2) is 66.9 Å². The van der Waals surface area contributed by atoms with Gasteiger partial charge in [0, 0.05) is 44.0 Å². The maximum Gasteiger partial charge on any atom is 0.306 e. The zero-order valence-corrected chi connectivity index (χ0v) is 24.7. The molecule has 45 heavy (non-hydrogen) atoms. The molecule has 13 heteroatoms. The van der Waals surface area contributed by atoms with Gasteiger partial charge in [0.25, 0.3) is 5.56 Å². The first-order valence-corrected chi connectivity index (χ1v) is 14.6. The number of aliphatic hydroxyl groups is 1. The number of Topliss-reactive ketones (excluding diaryl/α,β-unsaturated/α-hetero) is 2. The normalized spacial score (nSPS) is 15.3. The number of aromatic nitrogens is 2. The zero-order chi connectivity index (χ0) is 32.8. The molecule has 0 saturated carbocycles. The Morgan fingerprint density at radius 1 is 0.956 bits per heavy atom. The second kappa shape index (κ2) is 14.2. The van der Waals surface area contributed by atoms with Gasteiger partial charge in [0.05, 0.1) is 28.8 Å². The third kappa shape index (κ3) is 7.98. The van der Waals surface area contributed by atoms with E-state index in [1.807, 2.05) is 24.1 Å². The minimum Gasteiger partial charge on any atom is -0.481 e. The van der Waals surface area contributed by atoms with Gasteiger partial charge in [-0.3, -0.25) is 28.8 Å². The number of ketones is 2. The molecule has 0 amide bonds. The SMILES string of the molecule is CN(c1ccc(C(=O)C[C@@H](CCC(=O)C[C@H](CCC(=O)O)C(=O)O)C(=O)O)cc1)C1CCc2cc3nc(CO)[nH]c(=O)c3cc21. The number of fused-ring (bicyclic) bond motifs is 2. The van der Waals surface area contributed by atoms with E-state index in [9.17, 15) is 44.1 Å². The van der Waals surface area contributed by atoms with Crippen LogP contribution in [-0.2, 0) is 32.2 Å². The Kier molecular flexibility index (Phi) is 10.4. The van der Waals surface area contributed by atoms with Gasteiger partial charge in [-0.25, -0.2) is 4.98 Å². The van der Waals surface area contributed by atoms with E-state index >= 15 is 0 Å². The first-order chi connectivity index (χ1) is 21.4. The number of benzene rings is 2. The molecule has 0 spiro atoms. The topological polar surface area (TPSA) is 215 Å². The van der Waals surface area contributed by atoms with E-state index in [0.29, 0.717) is 16.5 Å². The summed E-state index contributed by atoms with van der Waals surface area (Å²) in [5, 5.41) is 37.5. The zero-order valence-electron chi connectivity index (χ0n) is 24.7. The Morgan fingerprint density at radius 2 is 1.60 bits per heavy atom. The molecule has 0 radical (unpaired) electrons. The van der Waals surface area contributed by atoms with Crippen LogP contribution in [0.5, 0.6) is 0 Å².